The normalized spacial score (nSPS) is 10.9. The predicted octanol–water partition coefficient (Wildman–Crippen LogP) is 2.32. The van der Waals surface area contributed by atoms with Gasteiger partial charge in [0.2, 0.25) is 5.69 Å². The molecule has 0 bridgehead atoms. The molecule has 1 aromatic heterocycles. The molecule has 0 radical (unpaired) electrons. The molecule has 0 fully saturated rings. The summed E-state index contributed by atoms with van der Waals surface area (Å²) in [5.74, 6) is -0.422. The SMILES string of the molecule is Cc1ccc(-[n+]2noc([O-])c2CNCCc2ccc(Cl)cc2)cc1. The summed E-state index contributed by atoms with van der Waals surface area (Å²) < 4.78 is 6.35. The number of rotatable bonds is 6. The number of nitrogens with one attached hydrogen (secondary N) is 1. The second-order valence-corrected chi connectivity index (χ2v) is 6.04. The van der Waals surface area contributed by atoms with Crippen molar-refractivity contribution in [2.45, 2.75) is 19.9 Å². The first-order valence-electron chi connectivity index (χ1n) is 7.73. The fourth-order valence-electron chi connectivity index (χ4n) is 2.39. The molecule has 0 amide bonds. The van der Waals surface area contributed by atoms with Crippen molar-refractivity contribution < 1.29 is 14.3 Å². The second kappa shape index (κ2) is 7.47. The number of nitrogens with zero attached hydrogens (tertiary/aromatic N) is 2. The summed E-state index contributed by atoms with van der Waals surface area (Å²) in [6.07, 6.45) is 0.848. The third-order valence-electron chi connectivity index (χ3n) is 3.77. The van der Waals surface area contributed by atoms with Gasteiger partial charge in [-0.2, -0.15) is 0 Å². The van der Waals surface area contributed by atoms with E-state index in [9.17, 15) is 5.11 Å². The third-order valence-corrected chi connectivity index (χ3v) is 4.02. The zero-order chi connectivity index (χ0) is 16.9. The fraction of sp³-hybridized carbons (Fsp3) is 0.222. The summed E-state index contributed by atoms with van der Waals surface area (Å²) in [5, 5.41) is 19.7. The van der Waals surface area contributed by atoms with Crippen LogP contribution in [0, 0.1) is 6.92 Å². The molecule has 3 aromatic rings. The molecule has 0 aliphatic carbocycles. The molecule has 0 spiro atoms. The molecule has 2 aromatic carbocycles. The molecule has 6 heteroatoms. The van der Waals surface area contributed by atoms with Crippen molar-refractivity contribution in [1.29, 1.82) is 0 Å². The molecule has 124 valence electrons. The van der Waals surface area contributed by atoms with Gasteiger partial charge in [-0.05, 0) is 42.3 Å². The van der Waals surface area contributed by atoms with Crippen LogP contribution < -0.4 is 15.1 Å². The van der Waals surface area contributed by atoms with Crippen LogP contribution in [0.5, 0.6) is 5.95 Å². The average Bonchev–Trinajstić information content (AvgIpc) is 2.95. The summed E-state index contributed by atoms with van der Waals surface area (Å²) in [6.45, 7) is 3.14. The van der Waals surface area contributed by atoms with Crippen LogP contribution in [0.25, 0.3) is 5.69 Å². The maximum Gasteiger partial charge on any atom is 0.253 e. The molecule has 0 unspecified atom stereocenters. The Hall–Kier alpha value is -2.37. The maximum atomic E-state index is 11.9. The van der Waals surface area contributed by atoms with E-state index in [2.05, 4.69) is 10.6 Å². The number of halogens is 1. The smallest absolute Gasteiger partial charge is 0.253 e. The number of aryl methyl sites for hydroxylation is 1. The molecule has 1 heterocycles. The lowest BCUT2D eigenvalue weighted by atomic mass is 10.1. The minimum Gasteiger partial charge on any atom is -0.539 e. The van der Waals surface area contributed by atoms with Crippen LogP contribution in [-0.2, 0) is 13.0 Å². The molecular weight excluding hydrogens is 326 g/mol. The first-order valence-corrected chi connectivity index (χ1v) is 8.11. The van der Waals surface area contributed by atoms with Crippen molar-refractivity contribution in [3.63, 3.8) is 0 Å². The molecule has 0 aliphatic heterocycles. The van der Waals surface area contributed by atoms with E-state index in [4.69, 9.17) is 16.1 Å². The van der Waals surface area contributed by atoms with Crippen LogP contribution in [0.3, 0.4) is 0 Å². The lowest BCUT2D eigenvalue weighted by Crippen LogP contribution is -2.39. The summed E-state index contributed by atoms with van der Waals surface area (Å²) in [4.78, 5) is 0. The van der Waals surface area contributed by atoms with Gasteiger partial charge in [0.25, 0.3) is 5.69 Å². The van der Waals surface area contributed by atoms with Crippen molar-refractivity contribution >= 4 is 11.6 Å². The third kappa shape index (κ3) is 3.93. The van der Waals surface area contributed by atoms with E-state index in [0.29, 0.717) is 12.2 Å². The Bertz CT molecular complexity index is 798. The summed E-state index contributed by atoms with van der Waals surface area (Å²) >= 11 is 5.87. The van der Waals surface area contributed by atoms with Crippen molar-refractivity contribution in [1.82, 2.24) is 10.6 Å². The van der Waals surface area contributed by atoms with E-state index in [-0.39, 0.29) is 0 Å². The lowest BCUT2D eigenvalue weighted by Gasteiger charge is -2.04. The van der Waals surface area contributed by atoms with Gasteiger partial charge in [0.15, 0.2) is 5.95 Å². The van der Waals surface area contributed by atoms with Crippen LogP contribution in [0.15, 0.2) is 53.1 Å². The molecular formula is C18H18ClN3O2. The Labute approximate surface area is 145 Å². The van der Waals surface area contributed by atoms with Gasteiger partial charge in [0.1, 0.15) is 0 Å². The van der Waals surface area contributed by atoms with E-state index in [1.807, 2.05) is 55.5 Å². The van der Waals surface area contributed by atoms with Gasteiger partial charge in [-0.1, -0.05) is 41.4 Å². The minimum absolute atomic E-state index is 0.393. The maximum absolute atomic E-state index is 11.9. The molecule has 5 nitrogen and oxygen atoms in total. The molecule has 0 atom stereocenters. The Kier molecular flexibility index (Phi) is 5.13. The van der Waals surface area contributed by atoms with Crippen molar-refractivity contribution in [2.24, 2.45) is 0 Å². The van der Waals surface area contributed by atoms with E-state index in [0.717, 1.165) is 29.2 Å². The minimum atomic E-state index is -0.422. The Morgan fingerprint density at radius 2 is 1.83 bits per heavy atom. The Morgan fingerprint density at radius 1 is 1.12 bits per heavy atom. The van der Waals surface area contributed by atoms with Crippen molar-refractivity contribution in [3.05, 3.63) is 70.4 Å². The number of hydrogen-bond acceptors (Lipinski definition) is 4. The molecule has 0 saturated carbocycles. The quantitative estimate of drug-likeness (QED) is 0.551. The van der Waals surface area contributed by atoms with Gasteiger partial charge < -0.3 is 14.9 Å². The average molecular weight is 344 g/mol. The number of aromatic nitrogens is 2. The van der Waals surface area contributed by atoms with Crippen LogP contribution in [-0.4, -0.2) is 11.8 Å². The highest BCUT2D eigenvalue weighted by Gasteiger charge is 2.19. The van der Waals surface area contributed by atoms with Crippen LogP contribution in [0.1, 0.15) is 16.8 Å². The van der Waals surface area contributed by atoms with Crippen molar-refractivity contribution in [2.75, 3.05) is 6.54 Å². The van der Waals surface area contributed by atoms with Crippen LogP contribution >= 0.6 is 11.6 Å². The number of benzene rings is 2. The fourth-order valence-corrected chi connectivity index (χ4v) is 2.52. The van der Waals surface area contributed by atoms with E-state index in [1.54, 1.807) is 0 Å². The Morgan fingerprint density at radius 3 is 2.54 bits per heavy atom. The topological polar surface area (TPSA) is 65.0 Å². The van der Waals surface area contributed by atoms with Gasteiger partial charge >= 0.3 is 0 Å². The molecule has 24 heavy (non-hydrogen) atoms. The first kappa shape index (κ1) is 16.5. The molecule has 1 N–H and O–H groups in total. The molecule has 0 saturated heterocycles. The summed E-state index contributed by atoms with van der Waals surface area (Å²) in [5.41, 5.74) is 3.62. The van der Waals surface area contributed by atoms with Crippen molar-refractivity contribution in [3.8, 4) is 11.6 Å². The molecule has 3 rings (SSSR count). The van der Waals surface area contributed by atoms with Crippen LogP contribution in [0.4, 0.5) is 0 Å². The van der Waals surface area contributed by atoms with E-state index in [1.165, 1.54) is 10.2 Å². The van der Waals surface area contributed by atoms with E-state index >= 15 is 0 Å². The highest BCUT2D eigenvalue weighted by molar-refractivity contribution is 6.30. The van der Waals surface area contributed by atoms with Gasteiger partial charge in [-0.15, -0.1) is 0 Å². The van der Waals surface area contributed by atoms with E-state index < -0.39 is 5.95 Å². The van der Waals surface area contributed by atoms with Gasteiger partial charge in [0, 0.05) is 17.2 Å². The highest BCUT2D eigenvalue weighted by atomic mass is 35.5. The van der Waals surface area contributed by atoms with Gasteiger partial charge in [0.05, 0.1) is 11.8 Å². The highest BCUT2D eigenvalue weighted by Crippen LogP contribution is 2.12. The zero-order valence-electron chi connectivity index (χ0n) is 13.3. The standard InChI is InChI=1S/C18H18ClN3O2/c1-13-2-8-16(9-3-13)22-17(18(23)24-21-22)12-20-11-10-14-4-6-15(19)7-5-14/h2-9,20H,10-12H2,1H3. The Balaban J connectivity index is 1.62. The van der Waals surface area contributed by atoms with Gasteiger partial charge in [-0.25, -0.2) is 0 Å². The second-order valence-electron chi connectivity index (χ2n) is 5.61. The van der Waals surface area contributed by atoms with Crippen LogP contribution in [0.2, 0.25) is 5.02 Å². The van der Waals surface area contributed by atoms with Gasteiger partial charge in [-0.3, -0.25) is 0 Å². The molecule has 0 aliphatic rings. The monoisotopic (exact) mass is 343 g/mol. The number of hydrogen-bond donors (Lipinski definition) is 1. The zero-order valence-corrected chi connectivity index (χ0v) is 14.1. The summed E-state index contributed by atoms with van der Waals surface area (Å²) in [7, 11) is 0. The predicted molar refractivity (Wildman–Crippen MR) is 89.1 cm³/mol. The first-order chi connectivity index (χ1) is 11.6. The lowest BCUT2D eigenvalue weighted by molar-refractivity contribution is -0.677. The summed E-state index contributed by atoms with van der Waals surface area (Å²) in [6, 6.07) is 15.5. The largest absolute Gasteiger partial charge is 0.539 e.